The molecule has 460 valence electrons. The van der Waals surface area contributed by atoms with Gasteiger partial charge in [-0.05, 0) is 106 Å². The van der Waals surface area contributed by atoms with E-state index >= 15 is 19.2 Å². The summed E-state index contributed by atoms with van der Waals surface area (Å²) in [5.41, 5.74) is 0.598. The maximum Gasteiger partial charge on any atom is 0.329 e. The van der Waals surface area contributed by atoms with E-state index in [4.69, 9.17) is 14.2 Å². The van der Waals surface area contributed by atoms with E-state index in [2.05, 4.69) is 16.0 Å². The van der Waals surface area contributed by atoms with E-state index in [9.17, 15) is 33.9 Å². The number of likely N-dealkylation sites (N-methyl/N-ethyl adjacent to an activating group) is 2. The van der Waals surface area contributed by atoms with Crippen molar-refractivity contribution in [3.63, 3.8) is 0 Å². The van der Waals surface area contributed by atoms with Gasteiger partial charge in [0.15, 0.2) is 11.9 Å². The number of nitrogens with one attached hydrogen (secondary N) is 3. The quantitative estimate of drug-likeness (QED) is 0.124. The molecule has 1 aromatic rings. The summed E-state index contributed by atoms with van der Waals surface area (Å²) in [5.74, 6) is -9.09. The second-order valence-corrected chi connectivity index (χ2v) is 25.9. The number of thioether (sulfide) groups is 1. The van der Waals surface area contributed by atoms with Crippen LogP contribution in [-0.4, -0.2) is 189 Å². The Kier molecular flexibility index (Phi) is 26.2. The van der Waals surface area contributed by atoms with Crippen molar-refractivity contribution >= 4 is 70.8 Å². The minimum absolute atomic E-state index is 0.101. The van der Waals surface area contributed by atoms with Gasteiger partial charge in [0.25, 0.3) is 5.91 Å². The summed E-state index contributed by atoms with van der Waals surface area (Å²) in [6.45, 7) is 23.0. The van der Waals surface area contributed by atoms with Gasteiger partial charge in [-0.2, -0.15) is 11.8 Å². The van der Waals surface area contributed by atoms with Gasteiger partial charge in [0.2, 0.25) is 35.4 Å². The van der Waals surface area contributed by atoms with Crippen LogP contribution in [0.3, 0.4) is 0 Å². The fourth-order valence-corrected chi connectivity index (χ4v) is 12.4. The van der Waals surface area contributed by atoms with Crippen LogP contribution in [-0.2, 0) is 63.8 Å². The number of hydrogen-bond acceptors (Lipinski definition) is 15. The zero-order valence-electron chi connectivity index (χ0n) is 51.4. The molecule has 82 heavy (non-hydrogen) atoms. The van der Waals surface area contributed by atoms with Crippen LogP contribution in [0, 0.1) is 29.6 Å². The summed E-state index contributed by atoms with van der Waals surface area (Å²) in [7, 11) is 4.38. The number of amides is 7. The van der Waals surface area contributed by atoms with Crippen molar-refractivity contribution in [1.82, 2.24) is 35.6 Å². The van der Waals surface area contributed by atoms with Gasteiger partial charge in [-0.3, -0.25) is 43.2 Å². The first-order valence-electron chi connectivity index (χ1n) is 29.4. The summed E-state index contributed by atoms with van der Waals surface area (Å²) in [5, 5.41) is 18.2. The van der Waals surface area contributed by atoms with Gasteiger partial charge < -0.3 is 54.9 Å². The minimum atomic E-state index is -1.67. The number of fused-ring (bicyclic) bond motifs is 1. The molecule has 7 amide bonds. The van der Waals surface area contributed by atoms with Crippen molar-refractivity contribution in [1.29, 1.82) is 0 Å². The van der Waals surface area contributed by atoms with Gasteiger partial charge in [0.05, 0.1) is 19.4 Å². The van der Waals surface area contributed by atoms with Gasteiger partial charge in [-0.25, -0.2) is 4.79 Å². The number of rotatable bonds is 17. The minimum Gasteiger partial charge on any atom is -0.497 e. The molecule has 3 aliphatic rings. The largest absolute Gasteiger partial charge is 0.497 e. The van der Waals surface area contributed by atoms with Crippen LogP contribution >= 0.6 is 11.8 Å². The lowest BCUT2D eigenvalue weighted by molar-refractivity contribution is -0.162. The molecular weight excluding hydrogens is 1070 g/mol. The monoisotopic (exact) mass is 1170 g/mol. The van der Waals surface area contributed by atoms with Gasteiger partial charge in [0.1, 0.15) is 54.2 Å². The van der Waals surface area contributed by atoms with Crippen LogP contribution in [0.2, 0.25) is 0 Å². The Balaban J connectivity index is 1.94. The van der Waals surface area contributed by atoms with E-state index in [-0.39, 0.29) is 68.2 Å². The fourth-order valence-electron chi connectivity index (χ4n) is 11.0. The van der Waals surface area contributed by atoms with Crippen molar-refractivity contribution in [2.45, 2.75) is 219 Å². The highest BCUT2D eigenvalue weighted by Crippen LogP contribution is 2.31. The van der Waals surface area contributed by atoms with E-state index in [1.54, 1.807) is 38.1 Å². The number of likely N-dealkylation sites (tertiary alicyclic amines) is 1. The van der Waals surface area contributed by atoms with Gasteiger partial charge >= 0.3 is 11.9 Å². The number of aliphatic hydroxyl groups excluding tert-OH is 1. The number of Topliss-reactive ketones (excluding diaryl/α,β-unsaturated/α-hetero) is 1. The Labute approximate surface area is 490 Å². The highest BCUT2D eigenvalue weighted by Gasteiger charge is 2.46. The molecule has 0 spiro atoms. The molecule has 0 unspecified atom stereocenters. The zero-order valence-corrected chi connectivity index (χ0v) is 52.2. The Morgan fingerprint density at radius 3 is 2.05 bits per heavy atom. The highest BCUT2D eigenvalue weighted by molar-refractivity contribution is 8.00. The summed E-state index contributed by atoms with van der Waals surface area (Å²) in [4.78, 5) is 151. The lowest BCUT2D eigenvalue weighted by atomic mass is 9.92. The van der Waals surface area contributed by atoms with Gasteiger partial charge in [0, 0.05) is 44.9 Å². The molecule has 22 heteroatoms. The maximum absolute atomic E-state index is 15.4. The smallest absolute Gasteiger partial charge is 0.329 e. The number of carbonyl (C=O) groups is 10. The molecule has 13 atom stereocenters. The predicted octanol–water partition coefficient (Wildman–Crippen LogP) is 4.47. The van der Waals surface area contributed by atoms with Gasteiger partial charge in [-0.15, -0.1) is 0 Å². The Bertz CT molecular complexity index is 2400. The first kappa shape index (κ1) is 68.7. The molecule has 0 radical (unpaired) electrons. The number of nitrogens with zero attached hydrogens (tertiary/aromatic N) is 4. The number of ether oxygens (including phenoxy) is 3. The van der Waals surface area contributed by atoms with E-state index in [1.165, 1.54) is 73.3 Å². The third-order valence-corrected chi connectivity index (χ3v) is 17.3. The zero-order chi connectivity index (χ0) is 61.6. The number of cyclic esters (lactones) is 2. The topological polar surface area (TPSA) is 268 Å². The molecule has 1 aromatic carbocycles. The summed E-state index contributed by atoms with van der Waals surface area (Å²) in [6, 6.07) is -1.44. The molecule has 3 saturated heterocycles. The van der Waals surface area contributed by atoms with Crippen molar-refractivity contribution < 1.29 is 67.3 Å². The standard InChI is InChI=1S/C60H95N7O14S/c1-17-36(10)49-47(82-35(8)9)31-48(69)81-52(34(6)7)51(70)37(11)53(71)61-42(28-32(2)3)57(75)67-27-19-21-44(67)59(77)65(15)46(30-40-22-24-41(79-16)25-23-40)60(78)80-39(13)50(55(73)62-49)63-54(72)45(29-33(4)5)64(14)58(76)43-20-18-26-66(43)56(74)38(12)68/h22-25,32-39,42-47,49-50,52,68H,17-21,26-31H2,1-16H3,(H,61,71)(H,62,73)(H,63,72)/t36-,37-,38-,39+,42-,43-,44-,45+,46-,47-,49-,50-,52-/m0/s1. The molecule has 4 N–H and O–H groups in total. The number of carbonyl (C=O) groups excluding carboxylic acids is 10. The van der Waals surface area contributed by atoms with Crippen LogP contribution in [0.4, 0.5) is 0 Å². The van der Waals surface area contributed by atoms with Crippen LogP contribution in [0.25, 0.3) is 0 Å². The van der Waals surface area contributed by atoms with Gasteiger partial charge in [-0.1, -0.05) is 87.8 Å². The third kappa shape index (κ3) is 18.1. The average Bonchev–Trinajstić information content (AvgIpc) is 4.20. The molecule has 0 aromatic heterocycles. The van der Waals surface area contributed by atoms with Crippen molar-refractivity contribution in [3.05, 3.63) is 29.8 Å². The van der Waals surface area contributed by atoms with Crippen LogP contribution in [0.1, 0.15) is 147 Å². The van der Waals surface area contributed by atoms with Crippen molar-refractivity contribution in [2.24, 2.45) is 29.6 Å². The van der Waals surface area contributed by atoms with Crippen LogP contribution in [0.5, 0.6) is 5.75 Å². The summed E-state index contributed by atoms with van der Waals surface area (Å²) < 4.78 is 17.7. The number of aliphatic hydroxyl groups is 1. The number of benzene rings is 1. The third-order valence-electron chi connectivity index (χ3n) is 15.9. The number of ketones is 1. The van der Waals surface area contributed by atoms with E-state index < -0.39 is 137 Å². The first-order valence-corrected chi connectivity index (χ1v) is 30.3. The fraction of sp³-hybridized carbons (Fsp3) is 0.733. The van der Waals surface area contributed by atoms with Crippen LogP contribution in [0.15, 0.2) is 24.3 Å². The number of esters is 2. The number of methoxy groups -OCH3 is 1. The highest BCUT2D eigenvalue weighted by atomic mass is 32.2. The molecular formula is C60H95N7O14S. The lowest BCUT2D eigenvalue weighted by Crippen LogP contribution is -2.62. The average molecular weight is 1170 g/mol. The molecule has 0 aliphatic carbocycles. The second kappa shape index (κ2) is 31.2. The van der Waals surface area contributed by atoms with Crippen molar-refractivity contribution in [2.75, 3.05) is 34.3 Å². The number of hydrogen-bond donors (Lipinski definition) is 4. The SMILES string of the molecule is CC[C@H](C)[C@@H]1NC(=O)[C@@H](NC(=O)[C@@H](CC(C)C)N(C)C(=O)[C@@H]2CCCN2C(=O)[C@H](C)O)[C@@H](C)OC(=O)[C@H](Cc2ccc(OC)cc2)N(C)C(=O)[C@@H]2CCCN2C(=O)[C@H](CC(C)C)NC(=O)[C@@H](C)C(=O)[C@H](C(C)C)OC(=O)C[C@@H]1SC(C)C. The molecule has 3 heterocycles. The summed E-state index contributed by atoms with van der Waals surface area (Å²) >= 11 is 1.39. The molecule has 0 bridgehead atoms. The summed E-state index contributed by atoms with van der Waals surface area (Å²) in [6.07, 6.45) is -2.41. The normalized spacial score (nSPS) is 27.2. The Morgan fingerprint density at radius 2 is 1.49 bits per heavy atom. The first-order chi connectivity index (χ1) is 38.4. The molecule has 21 nitrogen and oxygen atoms in total. The van der Waals surface area contributed by atoms with E-state index in [1.807, 2.05) is 55.4 Å². The van der Waals surface area contributed by atoms with Crippen LogP contribution < -0.4 is 20.7 Å². The second-order valence-electron chi connectivity index (χ2n) is 24.1. The predicted molar refractivity (Wildman–Crippen MR) is 311 cm³/mol. The molecule has 4 rings (SSSR count). The maximum atomic E-state index is 15.4. The Hall–Kier alpha value is -5.77. The lowest BCUT2D eigenvalue weighted by Gasteiger charge is -2.37. The van der Waals surface area contributed by atoms with E-state index in [0.717, 1.165) is 0 Å². The van der Waals surface area contributed by atoms with Crippen molar-refractivity contribution in [3.8, 4) is 5.75 Å². The molecule has 3 aliphatic heterocycles. The van der Waals surface area contributed by atoms with E-state index in [0.29, 0.717) is 37.0 Å². The molecule has 0 saturated carbocycles. The Morgan fingerprint density at radius 1 is 0.854 bits per heavy atom. The molecule has 3 fully saturated rings.